The third kappa shape index (κ3) is 1.74. The second-order valence-electron chi connectivity index (χ2n) is 8.76. The molecule has 0 spiro atoms. The van der Waals surface area contributed by atoms with Crippen LogP contribution in [0.3, 0.4) is 0 Å². The monoisotopic (exact) mass is 346 g/mol. The predicted molar refractivity (Wildman–Crippen MR) is 111 cm³/mol. The Labute approximate surface area is 160 Å². The van der Waals surface area contributed by atoms with Gasteiger partial charge in [0.2, 0.25) is 0 Å². The Morgan fingerprint density at radius 1 is 0.778 bits per heavy atom. The number of fused-ring (bicyclic) bond motifs is 9. The van der Waals surface area contributed by atoms with Crippen LogP contribution in [0.5, 0.6) is 0 Å². The number of hydrogen-bond acceptors (Lipinski definition) is 0. The first-order valence-corrected chi connectivity index (χ1v) is 10.4. The van der Waals surface area contributed by atoms with E-state index >= 15 is 0 Å². The molecule has 27 heavy (non-hydrogen) atoms. The Kier molecular flexibility index (Phi) is 2.68. The van der Waals surface area contributed by atoms with Gasteiger partial charge in [0, 0.05) is 17.8 Å². The molecule has 0 heterocycles. The van der Waals surface area contributed by atoms with Crippen LogP contribution in [0.25, 0.3) is 11.6 Å². The van der Waals surface area contributed by atoms with Gasteiger partial charge in [-0.05, 0) is 64.5 Å². The molecule has 6 aliphatic carbocycles. The van der Waals surface area contributed by atoms with Crippen LogP contribution in [0.1, 0.15) is 25.7 Å². The van der Waals surface area contributed by atoms with Crippen LogP contribution in [0.15, 0.2) is 94.2 Å². The van der Waals surface area contributed by atoms with Crippen LogP contribution >= 0.6 is 0 Å². The molecule has 1 aromatic carbocycles. The lowest BCUT2D eigenvalue weighted by atomic mass is 9.73. The van der Waals surface area contributed by atoms with Crippen molar-refractivity contribution in [1.29, 1.82) is 0 Å². The Bertz CT molecular complexity index is 1220. The van der Waals surface area contributed by atoms with E-state index in [0.717, 1.165) is 6.42 Å². The third-order valence-electron chi connectivity index (χ3n) is 7.61. The van der Waals surface area contributed by atoms with E-state index in [1.54, 1.807) is 39.0 Å². The minimum atomic E-state index is 0.636. The third-order valence-corrected chi connectivity index (χ3v) is 7.61. The van der Waals surface area contributed by atoms with E-state index in [9.17, 15) is 0 Å². The van der Waals surface area contributed by atoms with Crippen molar-refractivity contribution in [3.63, 3.8) is 0 Å². The lowest BCUT2D eigenvalue weighted by Crippen LogP contribution is -2.24. The zero-order chi connectivity index (χ0) is 17.5. The number of hydrogen-bond donors (Lipinski definition) is 0. The van der Waals surface area contributed by atoms with Crippen LogP contribution in [-0.4, -0.2) is 0 Å². The van der Waals surface area contributed by atoms with Gasteiger partial charge in [-0.2, -0.15) is 0 Å². The van der Waals surface area contributed by atoms with Crippen molar-refractivity contribution in [3.8, 4) is 0 Å². The van der Waals surface area contributed by atoms with E-state index in [1.807, 2.05) is 0 Å². The molecule has 0 N–H and O–H groups in total. The van der Waals surface area contributed by atoms with Gasteiger partial charge in [-0.1, -0.05) is 77.4 Å². The van der Waals surface area contributed by atoms with Gasteiger partial charge in [0.05, 0.1) is 0 Å². The lowest BCUT2D eigenvalue weighted by Gasteiger charge is -2.31. The van der Waals surface area contributed by atoms with Crippen molar-refractivity contribution in [2.45, 2.75) is 25.7 Å². The summed E-state index contributed by atoms with van der Waals surface area (Å²) in [5.41, 5.74) is 11.7. The second kappa shape index (κ2) is 5.01. The highest BCUT2D eigenvalue weighted by Crippen LogP contribution is 2.61. The standard InChI is InChI=1S/C27H22/c1-4-10-19-16(7-1)13-22-25(19)23-14-17-8-3-6-12-21(17)27(23)24-15-18-9-2-5-11-20(18)26(22)24/h1-10,13,20-21,24H,11-12,14-15H2. The van der Waals surface area contributed by atoms with E-state index < -0.39 is 0 Å². The highest BCUT2D eigenvalue weighted by Gasteiger charge is 2.47. The van der Waals surface area contributed by atoms with Crippen LogP contribution in [0.4, 0.5) is 0 Å². The van der Waals surface area contributed by atoms with E-state index in [1.165, 1.54) is 29.7 Å². The smallest absolute Gasteiger partial charge is 0.00721 e. The molecule has 0 heteroatoms. The van der Waals surface area contributed by atoms with Crippen molar-refractivity contribution >= 4 is 11.6 Å². The van der Waals surface area contributed by atoms with Gasteiger partial charge in [-0.15, -0.1) is 0 Å². The maximum Gasteiger partial charge on any atom is 0.00721 e. The molecule has 1 fully saturated rings. The van der Waals surface area contributed by atoms with E-state index in [0.29, 0.717) is 17.8 Å². The van der Waals surface area contributed by atoms with E-state index in [2.05, 4.69) is 66.8 Å². The topological polar surface area (TPSA) is 0 Å². The summed E-state index contributed by atoms with van der Waals surface area (Å²) in [6, 6.07) is 9.06. The molecular formula is C27H22. The molecule has 7 rings (SSSR count). The molecule has 0 radical (unpaired) electrons. The van der Waals surface area contributed by atoms with E-state index in [4.69, 9.17) is 0 Å². The Hall–Kier alpha value is -2.60. The summed E-state index contributed by atoms with van der Waals surface area (Å²) in [6.07, 6.45) is 21.4. The van der Waals surface area contributed by atoms with Gasteiger partial charge in [0.1, 0.15) is 0 Å². The van der Waals surface area contributed by atoms with Gasteiger partial charge in [0.15, 0.2) is 0 Å². The quantitative estimate of drug-likeness (QED) is 0.640. The minimum absolute atomic E-state index is 0.636. The number of benzene rings is 1. The van der Waals surface area contributed by atoms with Crippen molar-refractivity contribution in [2.24, 2.45) is 17.8 Å². The van der Waals surface area contributed by atoms with Crippen molar-refractivity contribution in [1.82, 2.24) is 0 Å². The molecule has 0 amide bonds. The Balaban J connectivity index is 1.56. The second-order valence-corrected chi connectivity index (χ2v) is 8.76. The largest absolute Gasteiger partial charge is 0.0836 e. The Morgan fingerprint density at radius 3 is 2.44 bits per heavy atom. The molecule has 1 aromatic rings. The van der Waals surface area contributed by atoms with Crippen molar-refractivity contribution < 1.29 is 0 Å². The summed E-state index contributed by atoms with van der Waals surface area (Å²) >= 11 is 0. The zero-order valence-electron chi connectivity index (χ0n) is 15.4. The first-order valence-electron chi connectivity index (χ1n) is 10.4. The molecule has 0 aliphatic heterocycles. The van der Waals surface area contributed by atoms with Gasteiger partial charge >= 0.3 is 0 Å². The average molecular weight is 346 g/mol. The van der Waals surface area contributed by atoms with Crippen molar-refractivity contribution in [2.75, 3.05) is 0 Å². The van der Waals surface area contributed by atoms with Gasteiger partial charge < -0.3 is 0 Å². The molecule has 6 aliphatic rings. The van der Waals surface area contributed by atoms with Crippen LogP contribution in [-0.2, 0) is 0 Å². The summed E-state index contributed by atoms with van der Waals surface area (Å²) in [4.78, 5) is 0. The molecule has 1 saturated carbocycles. The molecule has 0 saturated heterocycles. The maximum absolute atomic E-state index is 2.51. The fourth-order valence-electron chi connectivity index (χ4n) is 6.61. The normalized spacial score (nSPS) is 31.6. The van der Waals surface area contributed by atoms with Crippen LogP contribution < -0.4 is 10.4 Å². The zero-order valence-corrected chi connectivity index (χ0v) is 15.4. The van der Waals surface area contributed by atoms with Gasteiger partial charge in [-0.25, -0.2) is 0 Å². The SMILES string of the molecule is C1=CCC2C(=C1)CC1C2=C2C=c3ccccc3=C2C2=C1C1CC=CC=C1C2. The number of rotatable bonds is 0. The average Bonchev–Trinajstić information content (AvgIpc) is 3.38. The number of allylic oxidation sites excluding steroid dienone is 12. The highest BCUT2D eigenvalue weighted by molar-refractivity contribution is 5.95. The van der Waals surface area contributed by atoms with Gasteiger partial charge in [-0.3, -0.25) is 0 Å². The molecule has 0 nitrogen and oxygen atoms in total. The molecule has 0 aromatic heterocycles. The summed E-state index contributed by atoms with van der Waals surface area (Å²) in [7, 11) is 0. The first-order chi connectivity index (χ1) is 13.4. The van der Waals surface area contributed by atoms with Crippen LogP contribution in [0.2, 0.25) is 0 Å². The molecule has 0 bridgehead atoms. The maximum atomic E-state index is 2.51. The molecule has 130 valence electrons. The van der Waals surface area contributed by atoms with E-state index in [-0.39, 0.29) is 0 Å². The van der Waals surface area contributed by atoms with Crippen molar-refractivity contribution in [3.05, 3.63) is 105 Å². The fourth-order valence-corrected chi connectivity index (χ4v) is 6.61. The molecule has 3 unspecified atom stereocenters. The predicted octanol–water partition coefficient (Wildman–Crippen LogP) is 4.67. The lowest BCUT2D eigenvalue weighted by molar-refractivity contribution is 0.614. The summed E-state index contributed by atoms with van der Waals surface area (Å²) in [5, 5.41) is 2.90. The Morgan fingerprint density at radius 2 is 1.56 bits per heavy atom. The van der Waals surface area contributed by atoms with Gasteiger partial charge in [0.25, 0.3) is 0 Å². The molecular weight excluding hydrogens is 324 g/mol. The molecule has 3 atom stereocenters. The van der Waals surface area contributed by atoms with Crippen LogP contribution in [0, 0.1) is 17.8 Å². The summed E-state index contributed by atoms with van der Waals surface area (Å²) in [6.45, 7) is 0. The highest BCUT2D eigenvalue weighted by atomic mass is 14.5. The minimum Gasteiger partial charge on any atom is -0.0836 e. The summed E-state index contributed by atoms with van der Waals surface area (Å²) in [5.74, 6) is 1.93. The summed E-state index contributed by atoms with van der Waals surface area (Å²) < 4.78 is 0. The fraction of sp³-hybridized carbons (Fsp3) is 0.259. The first kappa shape index (κ1) is 14.5.